The molecule has 0 spiro atoms. The number of hydrogen-bond donors (Lipinski definition) is 0. The summed E-state index contributed by atoms with van der Waals surface area (Å²) in [7, 11) is 0. The minimum absolute atomic E-state index is 0.623. The van der Waals surface area contributed by atoms with Gasteiger partial charge < -0.3 is 0 Å². The van der Waals surface area contributed by atoms with Gasteiger partial charge in [-0.05, 0) is 35.8 Å². The summed E-state index contributed by atoms with van der Waals surface area (Å²) in [6.07, 6.45) is 2.43. The summed E-state index contributed by atoms with van der Waals surface area (Å²) in [6, 6.07) is 9.10. The van der Waals surface area contributed by atoms with E-state index in [2.05, 4.69) is 67.9 Å². The Morgan fingerprint density at radius 1 is 1.00 bits per heavy atom. The number of benzene rings is 1. The zero-order valence-electron chi connectivity index (χ0n) is 10.8. The molecule has 1 aromatic carbocycles. The molecule has 0 saturated heterocycles. The van der Waals surface area contributed by atoms with Gasteiger partial charge in [0, 0.05) is 4.83 Å². The van der Waals surface area contributed by atoms with Crippen LogP contribution in [0.4, 0.5) is 0 Å². The Morgan fingerprint density at radius 2 is 1.56 bits per heavy atom. The van der Waals surface area contributed by atoms with Crippen LogP contribution < -0.4 is 0 Å². The molecule has 0 aliphatic heterocycles. The topological polar surface area (TPSA) is 0 Å². The van der Waals surface area contributed by atoms with Crippen LogP contribution in [-0.4, -0.2) is 4.83 Å². The Bertz CT molecular complexity index is 298. The van der Waals surface area contributed by atoms with Crippen molar-refractivity contribution in [3.8, 4) is 0 Å². The van der Waals surface area contributed by atoms with E-state index in [-0.39, 0.29) is 0 Å². The van der Waals surface area contributed by atoms with Crippen LogP contribution in [0.2, 0.25) is 0 Å². The summed E-state index contributed by atoms with van der Waals surface area (Å²) < 4.78 is 0. The van der Waals surface area contributed by atoms with Crippen LogP contribution in [0.1, 0.15) is 51.2 Å². The summed E-state index contributed by atoms with van der Waals surface area (Å²) in [4.78, 5) is 0.623. The highest BCUT2D eigenvalue weighted by Crippen LogP contribution is 2.19. The fraction of sp³-hybridized carbons (Fsp3) is 0.600. The second-order valence-corrected chi connectivity index (χ2v) is 6.79. The molecule has 2 atom stereocenters. The van der Waals surface area contributed by atoms with E-state index in [9.17, 15) is 0 Å². The maximum atomic E-state index is 3.62. The van der Waals surface area contributed by atoms with Crippen molar-refractivity contribution in [2.24, 2.45) is 5.92 Å². The second kappa shape index (κ2) is 6.44. The lowest BCUT2D eigenvalue weighted by atomic mass is 9.95. The van der Waals surface area contributed by atoms with E-state index in [0.29, 0.717) is 10.7 Å². The Labute approximate surface area is 109 Å². The van der Waals surface area contributed by atoms with Crippen LogP contribution in [0, 0.1) is 5.92 Å². The molecule has 90 valence electrons. The minimum atomic E-state index is 0.623. The van der Waals surface area contributed by atoms with Gasteiger partial charge in [-0.3, -0.25) is 0 Å². The largest absolute Gasteiger partial charge is 0.0894 e. The highest BCUT2D eigenvalue weighted by molar-refractivity contribution is 9.09. The van der Waals surface area contributed by atoms with Crippen molar-refractivity contribution in [1.29, 1.82) is 0 Å². The van der Waals surface area contributed by atoms with E-state index < -0.39 is 0 Å². The summed E-state index contributed by atoms with van der Waals surface area (Å²) in [5.74, 6) is 1.38. The molecule has 2 unspecified atom stereocenters. The molecule has 0 heterocycles. The summed E-state index contributed by atoms with van der Waals surface area (Å²) in [5.41, 5.74) is 2.90. The van der Waals surface area contributed by atoms with Gasteiger partial charge in [0.2, 0.25) is 0 Å². The Morgan fingerprint density at radius 3 is 2.00 bits per heavy atom. The van der Waals surface area contributed by atoms with Gasteiger partial charge in [-0.2, -0.15) is 0 Å². The molecule has 0 amide bonds. The lowest BCUT2D eigenvalue weighted by molar-refractivity contribution is 0.532. The van der Waals surface area contributed by atoms with Gasteiger partial charge in [0.15, 0.2) is 0 Å². The third kappa shape index (κ3) is 4.69. The fourth-order valence-corrected chi connectivity index (χ4v) is 2.72. The first kappa shape index (κ1) is 13.8. The molecule has 0 aliphatic carbocycles. The molecule has 1 heteroatoms. The van der Waals surface area contributed by atoms with Crippen LogP contribution in [-0.2, 0) is 6.42 Å². The van der Waals surface area contributed by atoms with Crippen molar-refractivity contribution in [2.75, 3.05) is 0 Å². The zero-order valence-corrected chi connectivity index (χ0v) is 12.4. The van der Waals surface area contributed by atoms with Crippen molar-refractivity contribution >= 4 is 15.9 Å². The van der Waals surface area contributed by atoms with Crippen LogP contribution in [0.3, 0.4) is 0 Å². The maximum Gasteiger partial charge on any atom is 0.0120 e. The van der Waals surface area contributed by atoms with E-state index in [1.165, 1.54) is 24.0 Å². The summed E-state index contributed by atoms with van der Waals surface area (Å²) in [6.45, 7) is 9.03. The molecule has 0 fully saturated rings. The van der Waals surface area contributed by atoms with Gasteiger partial charge in [-0.15, -0.1) is 0 Å². The van der Waals surface area contributed by atoms with E-state index in [4.69, 9.17) is 0 Å². The number of alkyl halides is 1. The van der Waals surface area contributed by atoms with Crippen molar-refractivity contribution in [3.63, 3.8) is 0 Å². The Kier molecular flexibility index (Phi) is 5.54. The second-order valence-electron chi connectivity index (χ2n) is 5.22. The molecule has 0 bridgehead atoms. The average Bonchev–Trinajstić information content (AvgIpc) is 2.16. The molecule has 1 rings (SSSR count). The van der Waals surface area contributed by atoms with Gasteiger partial charge in [0.05, 0.1) is 0 Å². The van der Waals surface area contributed by atoms with Crippen molar-refractivity contribution in [2.45, 2.75) is 51.3 Å². The molecule has 0 aromatic heterocycles. The highest BCUT2D eigenvalue weighted by atomic mass is 79.9. The smallest absolute Gasteiger partial charge is 0.0120 e. The number of rotatable bonds is 5. The molecule has 0 nitrogen and oxygen atoms in total. The summed E-state index contributed by atoms with van der Waals surface area (Å²) in [5, 5.41) is 0. The van der Waals surface area contributed by atoms with E-state index in [1.807, 2.05) is 0 Å². The first-order chi connectivity index (χ1) is 7.49. The number of halogens is 1. The maximum absolute atomic E-state index is 3.62. The first-order valence-corrected chi connectivity index (χ1v) is 7.13. The van der Waals surface area contributed by atoms with E-state index >= 15 is 0 Å². The predicted molar refractivity (Wildman–Crippen MR) is 76.4 cm³/mol. The third-order valence-electron chi connectivity index (χ3n) is 2.96. The van der Waals surface area contributed by atoms with Gasteiger partial charge in [0.1, 0.15) is 0 Å². The molecule has 16 heavy (non-hydrogen) atoms. The predicted octanol–water partition coefficient (Wildman–Crippen LogP) is 5.16. The van der Waals surface area contributed by atoms with Crippen LogP contribution in [0.5, 0.6) is 0 Å². The molecule has 0 N–H and O–H groups in total. The van der Waals surface area contributed by atoms with Gasteiger partial charge in [-0.1, -0.05) is 67.9 Å². The van der Waals surface area contributed by atoms with Crippen LogP contribution in [0.25, 0.3) is 0 Å². The van der Waals surface area contributed by atoms with Crippen LogP contribution in [0.15, 0.2) is 24.3 Å². The molecule has 1 aromatic rings. The monoisotopic (exact) mass is 282 g/mol. The van der Waals surface area contributed by atoms with E-state index in [1.54, 1.807) is 0 Å². The number of hydrogen-bond acceptors (Lipinski definition) is 0. The van der Waals surface area contributed by atoms with Gasteiger partial charge in [-0.25, -0.2) is 0 Å². The normalized spacial score (nSPS) is 15.1. The standard InChI is InChI=1S/C15H23Br/c1-11(2)15-7-5-14(6-8-15)10-12(3)9-13(4)16/h5-8,11-13H,9-10H2,1-4H3. The van der Waals surface area contributed by atoms with Crippen molar-refractivity contribution < 1.29 is 0 Å². The zero-order chi connectivity index (χ0) is 12.1. The third-order valence-corrected chi connectivity index (χ3v) is 3.33. The quantitative estimate of drug-likeness (QED) is 0.654. The van der Waals surface area contributed by atoms with Crippen LogP contribution >= 0.6 is 15.9 Å². The van der Waals surface area contributed by atoms with Gasteiger partial charge in [0.25, 0.3) is 0 Å². The van der Waals surface area contributed by atoms with Crippen molar-refractivity contribution in [3.05, 3.63) is 35.4 Å². The molecule has 0 saturated carbocycles. The lowest BCUT2D eigenvalue weighted by Gasteiger charge is -2.13. The van der Waals surface area contributed by atoms with Gasteiger partial charge >= 0.3 is 0 Å². The fourth-order valence-electron chi connectivity index (χ4n) is 2.08. The summed E-state index contributed by atoms with van der Waals surface area (Å²) >= 11 is 3.62. The Hall–Kier alpha value is -0.300. The van der Waals surface area contributed by atoms with Crippen molar-refractivity contribution in [1.82, 2.24) is 0 Å². The van der Waals surface area contributed by atoms with E-state index in [0.717, 1.165) is 5.92 Å². The molecular weight excluding hydrogens is 260 g/mol. The minimum Gasteiger partial charge on any atom is -0.0894 e. The average molecular weight is 283 g/mol. The first-order valence-electron chi connectivity index (χ1n) is 6.22. The molecular formula is C15H23Br. The highest BCUT2D eigenvalue weighted by Gasteiger charge is 2.07. The molecule has 0 radical (unpaired) electrons. The lowest BCUT2D eigenvalue weighted by Crippen LogP contribution is -2.05. The Balaban J connectivity index is 2.55. The molecule has 0 aliphatic rings. The SMILES string of the molecule is CC(Br)CC(C)Cc1ccc(C(C)C)cc1.